The molecule has 2 amide bonds. The van der Waals surface area contributed by atoms with Crippen LogP contribution in [0.2, 0.25) is 0 Å². The van der Waals surface area contributed by atoms with Crippen molar-refractivity contribution in [3.05, 3.63) is 47.3 Å². The second kappa shape index (κ2) is 9.05. The number of aromatic nitrogens is 2. The SMILES string of the molecule is C[C@H]1CN(Cc2ccc(C(F)(F)F)cc2N2CCCC2)CCN1C(=O)n1ccc(C(N)=O)n1. The smallest absolute Gasteiger partial charge is 0.371 e. The third kappa shape index (κ3) is 4.97. The Kier molecular flexibility index (Phi) is 6.33. The van der Waals surface area contributed by atoms with Crippen molar-refractivity contribution in [3.63, 3.8) is 0 Å². The Morgan fingerprint density at radius 2 is 1.85 bits per heavy atom. The highest BCUT2D eigenvalue weighted by atomic mass is 19.4. The van der Waals surface area contributed by atoms with Crippen LogP contribution in [0.15, 0.2) is 30.5 Å². The minimum absolute atomic E-state index is 0.0198. The van der Waals surface area contributed by atoms with E-state index in [1.165, 1.54) is 18.3 Å². The molecule has 11 heteroatoms. The number of benzene rings is 1. The molecule has 2 saturated heterocycles. The summed E-state index contributed by atoms with van der Waals surface area (Å²) in [6.45, 7) is 5.50. The third-order valence-electron chi connectivity index (χ3n) is 6.25. The maximum absolute atomic E-state index is 13.3. The van der Waals surface area contributed by atoms with Crippen molar-refractivity contribution in [2.45, 2.75) is 38.5 Å². The molecule has 1 atom stereocenters. The van der Waals surface area contributed by atoms with Crippen LogP contribution in [0, 0.1) is 0 Å². The molecular formula is C22H27F3N6O2. The topological polar surface area (TPSA) is 87.7 Å². The molecule has 0 aliphatic carbocycles. The van der Waals surface area contributed by atoms with E-state index in [4.69, 9.17) is 5.73 Å². The fourth-order valence-electron chi connectivity index (χ4n) is 4.52. The van der Waals surface area contributed by atoms with Gasteiger partial charge in [0.05, 0.1) is 5.56 Å². The fraction of sp³-hybridized carbons (Fsp3) is 0.500. The molecular weight excluding hydrogens is 437 g/mol. The maximum Gasteiger partial charge on any atom is 0.416 e. The van der Waals surface area contributed by atoms with E-state index in [9.17, 15) is 22.8 Å². The number of rotatable bonds is 4. The van der Waals surface area contributed by atoms with Crippen LogP contribution in [0.1, 0.15) is 41.4 Å². The maximum atomic E-state index is 13.3. The molecule has 178 valence electrons. The van der Waals surface area contributed by atoms with Crippen LogP contribution in [-0.2, 0) is 12.7 Å². The monoisotopic (exact) mass is 464 g/mol. The van der Waals surface area contributed by atoms with Crippen LogP contribution >= 0.6 is 0 Å². The zero-order valence-corrected chi connectivity index (χ0v) is 18.4. The second-order valence-electron chi connectivity index (χ2n) is 8.61. The van der Waals surface area contributed by atoms with Crippen LogP contribution in [0.4, 0.5) is 23.7 Å². The molecule has 0 bridgehead atoms. The van der Waals surface area contributed by atoms with Crippen molar-refractivity contribution in [2.24, 2.45) is 5.73 Å². The number of nitrogens with zero attached hydrogens (tertiary/aromatic N) is 5. The van der Waals surface area contributed by atoms with Crippen LogP contribution in [0.25, 0.3) is 0 Å². The number of alkyl halides is 3. The summed E-state index contributed by atoms with van der Waals surface area (Å²) < 4.78 is 41.0. The van der Waals surface area contributed by atoms with Gasteiger partial charge in [-0.15, -0.1) is 0 Å². The fourth-order valence-corrected chi connectivity index (χ4v) is 4.52. The number of primary amides is 1. The molecule has 0 saturated carbocycles. The number of anilines is 1. The summed E-state index contributed by atoms with van der Waals surface area (Å²) in [6.07, 6.45) is -1.03. The molecule has 2 aliphatic rings. The van der Waals surface area contributed by atoms with Gasteiger partial charge in [-0.2, -0.15) is 23.0 Å². The van der Waals surface area contributed by atoms with Gasteiger partial charge in [-0.25, -0.2) is 4.79 Å². The minimum atomic E-state index is -4.38. The highest BCUT2D eigenvalue weighted by Crippen LogP contribution is 2.35. The van der Waals surface area contributed by atoms with E-state index in [0.29, 0.717) is 31.9 Å². The first-order chi connectivity index (χ1) is 15.6. The molecule has 2 aromatic rings. The van der Waals surface area contributed by atoms with Crippen molar-refractivity contribution < 1.29 is 22.8 Å². The summed E-state index contributed by atoms with van der Waals surface area (Å²) in [5.74, 6) is -0.704. The van der Waals surface area contributed by atoms with E-state index in [2.05, 4.69) is 10.00 Å². The number of amides is 2. The van der Waals surface area contributed by atoms with E-state index in [1.807, 2.05) is 11.8 Å². The van der Waals surface area contributed by atoms with Crippen LogP contribution < -0.4 is 10.6 Å². The molecule has 0 spiro atoms. The summed E-state index contributed by atoms with van der Waals surface area (Å²) in [7, 11) is 0. The Labute approximate surface area is 189 Å². The number of halogens is 3. The lowest BCUT2D eigenvalue weighted by Gasteiger charge is -2.40. The van der Waals surface area contributed by atoms with Crippen molar-refractivity contribution >= 4 is 17.6 Å². The normalized spacial score (nSPS) is 19.8. The van der Waals surface area contributed by atoms with Crippen LogP contribution in [-0.4, -0.2) is 70.3 Å². The average Bonchev–Trinajstić information content (AvgIpc) is 3.45. The first-order valence-corrected chi connectivity index (χ1v) is 11.0. The van der Waals surface area contributed by atoms with Crippen molar-refractivity contribution in [2.75, 3.05) is 37.6 Å². The lowest BCUT2D eigenvalue weighted by molar-refractivity contribution is -0.137. The largest absolute Gasteiger partial charge is 0.416 e. The Morgan fingerprint density at radius 1 is 1.12 bits per heavy atom. The second-order valence-corrected chi connectivity index (χ2v) is 8.61. The molecule has 2 N–H and O–H groups in total. The standard InChI is InChI=1S/C22H27F3N6O2/c1-15-13-28(10-11-30(15)21(33)31-9-6-18(27-31)20(26)32)14-16-4-5-17(22(23,24)25)12-19(16)29-7-2-3-8-29/h4-6,9,12,15H,2-3,7-8,10-11,13-14H2,1H3,(H2,26,32)/t15-/m0/s1. The van der Waals surface area contributed by atoms with Crippen LogP contribution in [0.5, 0.6) is 0 Å². The summed E-state index contributed by atoms with van der Waals surface area (Å²) in [4.78, 5) is 29.9. The molecule has 2 fully saturated rings. The van der Waals surface area contributed by atoms with E-state index >= 15 is 0 Å². The predicted molar refractivity (Wildman–Crippen MR) is 116 cm³/mol. The molecule has 3 heterocycles. The van der Waals surface area contributed by atoms with Gasteiger partial charge in [-0.05, 0) is 43.5 Å². The van der Waals surface area contributed by atoms with E-state index in [0.717, 1.165) is 42.2 Å². The van der Waals surface area contributed by atoms with Gasteiger partial charge in [0.25, 0.3) is 5.91 Å². The predicted octanol–water partition coefficient (Wildman–Crippen LogP) is 2.78. The van der Waals surface area contributed by atoms with E-state index < -0.39 is 17.6 Å². The van der Waals surface area contributed by atoms with Gasteiger partial charge in [-0.1, -0.05) is 6.07 Å². The number of carbonyl (C=O) groups excluding carboxylic acids is 2. The number of hydrogen-bond acceptors (Lipinski definition) is 5. The van der Waals surface area contributed by atoms with Gasteiger partial charge >= 0.3 is 12.2 Å². The Balaban J connectivity index is 1.46. The van der Waals surface area contributed by atoms with Crippen LogP contribution in [0.3, 0.4) is 0 Å². The van der Waals surface area contributed by atoms with Gasteiger partial charge in [0.15, 0.2) is 5.69 Å². The summed E-state index contributed by atoms with van der Waals surface area (Å²) >= 11 is 0. The molecule has 1 aromatic heterocycles. The highest BCUT2D eigenvalue weighted by molar-refractivity contribution is 5.91. The number of carbonyl (C=O) groups is 2. The number of nitrogens with two attached hydrogens (primary N) is 1. The van der Waals surface area contributed by atoms with E-state index in [1.54, 1.807) is 11.0 Å². The zero-order chi connectivity index (χ0) is 23.8. The van der Waals surface area contributed by atoms with E-state index in [-0.39, 0.29) is 17.8 Å². The lowest BCUT2D eigenvalue weighted by Crippen LogP contribution is -2.54. The Hall–Kier alpha value is -3.08. The quantitative estimate of drug-likeness (QED) is 0.752. The Morgan fingerprint density at radius 3 is 2.45 bits per heavy atom. The molecule has 33 heavy (non-hydrogen) atoms. The lowest BCUT2D eigenvalue weighted by atomic mass is 10.1. The van der Waals surface area contributed by atoms with Gasteiger partial charge in [0.2, 0.25) is 0 Å². The average molecular weight is 464 g/mol. The first kappa shape index (κ1) is 23.1. The molecule has 0 radical (unpaired) electrons. The van der Waals surface area contributed by atoms with Crippen molar-refractivity contribution in [1.29, 1.82) is 0 Å². The summed E-state index contributed by atoms with van der Waals surface area (Å²) in [5, 5.41) is 3.93. The third-order valence-corrected chi connectivity index (χ3v) is 6.25. The van der Waals surface area contributed by atoms with Crippen molar-refractivity contribution in [1.82, 2.24) is 19.6 Å². The van der Waals surface area contributed by atoms with Gasteiger partial charge in [0.1, 0.15) is 0 Å². The van der Waals surface area contributed by atoms with Gasteiger partial charge < -0.3 is 15.5 Å². The van der Waals surface area contributed by atoms with Crippen molar-refractivity contribution in [3.8, 4) is 0 Å². The van der Waals surface area contributed by atoms with Gasteiger partial charge in [-0.3, -0.25) is 9.69 Å². The molecule has 0 unspecified atom stereocenters. The summed E-state index contributed by atoms with van der Waals surface area (Å²) in [6, 6.07) is 4.89. The Bertz CT molecular complexity index is 1030. The molecule has 2 aliphatic heterocycles. The van der Waals surface area contributed by atoms with Gasteiger partial charge in [0, 0.05) is 57.2 Å². The first-order valence-electron chi connectivity index (χ1n) is 11.0. The molecule has 8 nitrogen and oxygen atoms in total. The minimum Gasteiger partial charge on any atom is -0.371 e. The number of piperazine rings is 1. The number of hydrogen-bond donors (Lipinski definition) is 1. The molecule has 4 rings (SSSR count). The highest BCUT2D eigenvalue weighted by Gasteiger charge is 2.33. The molecule has 1 aromatic carbocycles. The zero-order valence-electron chi connectivity index (χ0n) is 18.4. The summed E-state index contributed by atoms with van der Waals surface area (Å²) in [5.41, 5.74) is 6.09.